The number of nitrogens with zero attached hydrogens (tertiary/aromatic N) is 1. The van der Waals surface area contributed by atoms with Gasteiger partial charge in [-0.2, -0.15) is 0 Å². The van der Waals surface area contributed by atoms with Crippen LogP contribution >= 0.6 is 0 Å². The lowest BCUT2D eigenvalue weighted by Gasteiger charge is -2.41. The van der Waals surface area contributed by atoms with Crippen molar-refractivity contribution in [3.05, 3.63) is 0 Å². The molecule has 100 valence electrons. The lowest BCUT2D eigenvalue weighted by atomic mass is 9.77. The molecule has 1 aliphatic heterocycles. The molecule has 4 nitrogen and oxygen atoms in total. The van der Waals surface area contributed by atoms with Gasteiger partial charge in [-0.3, -0.25) is 9.69 Å². The molecule has 17 heavy (non-hydrogen) atoms. The van der Waals surface area contributed by atoms with Crippen molar-refractivity contribution < 1.29 is 15.0 Å². The monoisotopic (exact) mass is 243 g/mol. The van der Waals surface area contributed by atoms with E-state index in [0.29, 0.717) is 25.9 Å². The van der Waals surface area contributed by atoms with Crippen molar-refractivity contribution in [1.82, 2.24) is 4.90 Å². The second-order valence-electron chi connectivity index (χ2n) is 5.60. The average molecular weight is 243 g/mol. The number of hydrogen-bond acceptors (Lipinski definition) is 3. The van der Waals surface area contributed by atoms with Gasteiger partial charge in [0, 0.05) is 13.1 Å². The highest BCUT2D eigenvalue weighted by molar-refractivity contribution is 5.75. The van der Waals surface area contributed by atoms with Crippen LogP contribution in [0.2, 0.25) is 0 Å². The summed E-state index contributed by atoms with van der Waals surface area (Å²) in [4.78, 5) is 13.5. The smallest absolute Gasteiger partial charge is 0.310 e. The Morgan fingerprint density at radius 2 is 2.12 bits per heavy atom. The number of carboxylic acid groups (broad SMARTS) is 1. The zero-order valence-electron chi connectivity index (χ0n) is 11.2. The molecule has 1 rings (SSSR count). The van der Waals surface area contributed by atoms with Gasteiger partial charge in [-0.05, 0) is 39.2 Å². The van der Waals surface area contributed by atoms with E-state index in [9.17, 15) is 15.0 Å². The summed E-state index contributed by atoms with van der Waals surface area (Å²) in [7, 11) is 0. The summed E-state index contributed by atoms with van der Waals surface area (Å²) >= 11 is 0. The highest BCUT2D eigenvalue weighted by Gasteiger charge is 2.41. The van der Waals surface area contributed by atoms with E-state index in [1.807, 2.05) is 20.8 Å². The van der Waals surface area contributed by atoms with Crippen molar-refractivity contribution in [2.24, 2.45) is 5.41 Å². The summed E-state index contributed by atoms with van der Waals surface area (Å²) in [5.41, 5.74) is -1.32. The van der Waals surface area contributed by atoms with Crippen LogP contribution in [0.15, 0.2) is 0 Å². The minimum atomic E-state index is -0.713. The molecule has 2 unspecified atom stereocenters. The number of likely N-dealkylation sites (tertiary alicyclic amines) is 1. The molecule has 0 saturated carbocycles. The molecule has 0 bridgehead atoms. The topological polar surface area (TPSA) is 60.8 Å². The molecule has 1 fully saturated rings. The Morgan fingerprint density at radius 3 is 2.59 bits per heavy atom. The predicted octanol–water partition coefficient (Wildman–Crippen LogP) is 1.72. The summed E-state index contributed by atoms with van der Waals surface area (Å²) in [6, 6.07) is 0. The molecule has 1 saturated heterocycles. The minimum Gasteiger partial charge on any atom is -0.481 e. The van der Waals surface area contributed by atoms with Crippen molar-refractivity contribution in [3.63, 3.8) is 0 Å². The lowest BCUT2D eigenvalue weighted by Crippen LogP contribution is -2.51. The van der Waals surface area contributed by atoms with Gasteiger partial charge in [-0.15, -0.1) is 0 Å². The SMILES string of the molecule is CCC(C)(O)CN1CCCC(CC)(C(=O)O)C1. The van der Waals surface area contributed by atoms with Crippen molar-refractivity contribution in [1.29, 1.82) is 0 Å². The van der Waals surface area contributed by atoms with Crippen LogP contribution in [0.4, 0.5) is 0 Å². The van der Waals surface area contributed by atoms with Gasteiger partial charge in [0.1, 0.15) is 0 Å². The van der Waals surface area contributed by atoms with Crippen molar-refractivity contribution in [3.8, 4) is 0 Å². The van der Waals surface area contributed by atoms with Gasteiger partial charge in [0.15, 0.2) is 0 Å². The Bertz CT molecular complexity index is 278. The first kappa shape index (κ1) is 14.5. The normalized spacial score (nSPS) is 29.9. The van der Waals surface area contributed by atoms with Crippen LogP contribution in [0.3, 0.4) is 0 Å². The van der Waals surface area contributed by atoms with Crippen LogP contribution in [-0.2, 0) is 4.79 Å². The molecule has 0 spiro atoms. The van der Waals surface area contributed by atoms with Gasteiger partial charge < -0.3 is 10.2 Å². The summed E-state index contributed by atoms with van der Waals surface area (Å²) in [5, 5.41) is 19.4. The molecule has 1 heterocycles. The van der Waals surface area contributed by atoms with Crippen molar-refractivity contribution in [2.75, 3.05) is 19.6 Å². The van der Waals surface area contributed by atoms with E-state index < -0.39 is 17.0 Å². The second kappa shape index (κ2) is 5.36. The number of piperidine rings is 1. The number of rotatable bonds is 5. The predicted molar refractivity (Wildman–Crippen MR) is 66.9 cm³/mol. The second-order valence-corrected chi connectivity index (χ2v) is 5.60. The van der Waals surface area contributed by atoms with E-state index in [2.05, 4.69) is 4.90 Å². The number of β-amino-alcohol motifs (C(OH)–C–C–N with tert-alkyl or cyclic N) is 1. The van der Waals surface area contributed by atoms with Crippen molar-refractivity contribution >= 4 is 5.97 Å². The van der Waals surface area contributed by atoms with Gasteiger partial charge in [-0.25, -0.2) is 0 Å². The summed E-state index contributed by atoms with van der Waals surface area (Å²) in [6.45, 7) is 7.73. The first-order chi connectivity index (χ1) is 7.85. The number of carboxylic acids is 1. The van der Waals surface area contributed by atoms with Crippen LogP contribution in [0.1, 0.15) is 46.5 Å². The standard InChI is InChI=1S/C13H25NO3/c1-4-12(3,17)9-14-8-6-7-13(5-2,10-14)11(15)16/h17H,4-10H2,1-3H3,(H,15,16). The zero-order valence-corrected chi connectivity index (χ0v) is 11.2. The quantitative estimate of drug-likeness (QED) is 0.772. The average Bonchev–Trinajstić information content (AvgIpc) is 2.28. The van der Waals surface area contributed by atoms with Crippen LogP contribution in [0.25, 0.3) is 0 Å². The first-order valence-electron chi connectivity index (χ1n) is 6.53. The third-order valence-corrected chi connectivity index (χ3v) is 4.11. The molecule has 2 atom stereocenters. The van der Waals surface area contributed by atoms with Crippen LogP contribution in [0, 0.1) is 5.41 Å². The van der Waals surface area contributed by atoms with E-state index in [0.717, 1.165) is 19.4 Å². The van der Waals surface area contributed by atoms with Crippen LogP contribution < -0.4 is 0 Å². The molecule has 0 radical (unpaired) electrons. The van der Waals surface area contributed by atoms with Gasteiger partial charge in [0.05, 0.1) is 11.0 Å². The Morgan fingerprint density at radius 1 is 1.47 bits per heavy atom. The minimum absolute atomic E-state index is 0.564. The maximum absolute atomic E-state index is 11.4. The van der Waals surface area contributed by atoms with Gasteiger partial charge >= 0.3 is 5.97 Å². The summed E-state index contributed by atoms with van der Waals surface area (Å²) in [6.07, 6.45) is 3.01. The molecule has 0 aliphatic carbocycles. The molecular formula is C13H25NO3. The van der Waals surface area contributed by atoms with E-state index in [1.54, 1.807) is 0 Å². The highest BCUT2D eigenvalue weighted by Crippen LogP contribution is 2.34. The molecule has 1 aliphatic rings. The third-order valence-electron chi connectivity index (χ3n) is 4.11. The highest BCUT2D eigenvalue weighted by atomic mass is 16.4. The Hall–Kier alpha value is -0.610. The Balaban J connectivity index is 2.69. The fraction of sp³-hybridized carbons (Fsp3) is 0.923. The molecular weight excluding hydrogens is 218 g/mol. The summed E-state index contributed by atoms with van der Waals surface area (Å²) < 4.78 is 0. The fourth-order valence-electron chi connectivity index (χ4n) is 2.57. The van der Waals surface area contributed by atoms with E-state index in [4.69, 9.17) is 0 Å². The van der Waals surface area contributed by atoms with E-state index in [1.165, 1.54) is 0 Å². The van der Waals surface area contributed by atoms with E-state index >= 15 is 0 Å². The van der Waals surface area contributed by atoms with Crippen molar-refractivity contribution in [2.45, 2.75) is 52.1 Å². The Kier molecular flexibility index (Phi) is 4.55. The van der Waals surface area contributed by atoms with Gasteiger partial charge in [0.2, 0.25) is 0 Å². The maximum atomic E-state index is 11.4. The van der Waals surface area contributed by atoms with Crippen LogP contribution in [0.5, 0.6) is 0 Å². The molecule has 0 amide bonds. The van der Waals surface area contributed by atoms with Gasteiger partial charge in [0.25, 0.3) is 0 Å². The van der Waals surface area contributed by atoms with E-state index in [-0.39, 0.29) is 0 Å². The third kappa shape index (κ3) is 3.42. The molecule has 4 heteroatoms. The largest absolute Gasteiger partial charge is 0.481 e. The van der Waals surface area contributed by atoms with Gasteiger partial charge in [-0.1, -0.05) is 13.8 Å². The maximum Gasteiger partial charge on any atom is 0.310 e. The molecule has 0 aromatic rings. The zero-order chi connectivity index (χ0) is 13.1. The first-order valence-corrected chi connectivity index (χ1v) is 6.53. The molecule has 0 aromatic heterocycles. The molecule has 2 N–H and O–H groups in total. The lowest BCUT2D eigenvalue weighted by molar-refractivity contribution is -0.153. The number of carbonyl (C=O) groups is 1. The Labute approximate surface area is 104 Å². The number of aliphatic carboxylic acids is 1. The number of hydrogen-bond donors (Lipinski definition) is 2. The molecule has 0 aromatic carbocycles. The van der Waals surface area contributed by atoms with Crippen LogP contribution in [-0.4, -0.2) is 46.3 Å². The number of aliphatic hydroxyl groups is 1. The summed E-state index contributed by atoms with van der Waals surface area (Å²) in [5.74, 6) is -0.694. The fourth-order valence-corrected chi connectivity index (χ4v) is 2.57.